The zero-order valence-corrected chi connectivity index (χ0v) is 11.7. The highest BCUT2D eigenvalue weighted by atomic mass is 79.9. The number of halogens is 1. The van der Waals surface area contributed by atoms with Crippen molar-refractivity contribution in [3.8, 4) is 11.5 Å². The fraction of sp³-hybridized carbons (Fsp3) is 0.333. The van der Waals surface area contributed by atoms with Crippen molar-refractivity contribution in [1.82, 2.24) is 5.32 Å². The molecule has 0 saturated carbocycles. The van der Waals surface area contributed by atoms with E-state index in [2.05, 4.69) is 21.2 Å². The number of ether oxygens (including phenoxy) is 2. The van der Waals surface area contributed by atoms with Gasteiger partial charge in [0.15, 0.2) is 11.5 Å². The van der Waals surface area contributed by atoms with Gasteiger partial charge in [-0.3, -0.25) is 9.59 Å². The van der Waals surface area contributed by atoms with E-state index >= 15 is 0 Å². The van der Waals surface area contributed by atoms with Gasteiger partial charge in [0.25, 0.3) is 0 Å². The Kier molecular flexibility index (Phi) is 3.94. The molecule has 0 aliphatic carbocycles. The first-order valence-electron chi connectivity index (χ1n) is 5.55. The summed E-state index contributed by atoms with van der Waals surface area (Å²) in [5.41, 5.74) is 0.647. The van der Waals surface area contributed by atoms with E-state index in [0.29, 0.717) is 21.5 Å². The zero-order chi connectivity index (χ0) is 14.0. The molecule has 0 saturated heterocycles. The summed E-state index contributed by atoms with van der Waals surface area (Å²) in [5, 5.41) is 11.5. The normalized spacial score (nSPS) is 14.0. The van der Waals surface area contributed by atoms with E-state index in [-0.39, 0.29) is 19.1 Å². The lowest BCUT2D eigenvalue weighted by atomic mass is 10.0. The summed E-state index contributed by atoms with van der Waals surface area (Å²) in [6.45, 7) is 1.47. The maximum atomic E-state index is 11.2. The van der Waals surface area contributed by atoms with Crippen LogP contribution in [0, 0.1) is 0 Å². The van der Waals surface area contributed by atoms with Crippen molar-refractivity contribution >= 4 is 27.8 Å². The molecule has 19 heavy (non-hydrogen) atoms. The SMILES string of the molecule is CC(=O)N[C@H](CC(=O)O)c1cc(Br)c2c(c1)OCO2. The van der Waals surface area contributed by atoms with Gasteiger partial charge in [0.1, 0.15) is 0 Å². The maximum Gasteiger partial charge on any atom is 0.305 e. The van der Waals surface area contributed by atoms with Crippen LogP contribution in [-0.2, 0) is 9.59 Å². The molecule has 1 aliphatic heterocycles. The van der Waals surface area contributed by atoms with Crippen LogP contribution in [0.4, 0.5) is 0 Å². The van der Waals surface area contributed by atoms with Crippen LogP contribution in [0.2, 0.25) is 0 Å². The number of benzene rings is 1. The van der Waals surface area contributed by atoms with Gasteiger partial charge in [-0.15, -0.1) is 0 Å². The van der Waals surface area contributed by atoms with Gasteiger partial charge in [0.05, 0.1) is 16.9 Å². The molecule has 0 fully saturated rings. The van der Waals surface area contributed by atoms with Crippen LogP contribution < -0.4 is 14.8 Å². The van der Waals surface area contributed by atoms with Crippen LogP contribution in [-0.4, -0.2) is 23.8 Å². The Balaban J connectivity index is 2.33. The molecule has 1 atom stereocenters. The molecule has 0 radical (unpaired) electrons. The predicted molar refractivity (Wildman–Crippen MR) is 69.1 cm³/mol. The molecule has 1 amide bonds. The minimum Gasteiger partial charge on any atom is -0.481 e. The van der Waals surface area contributed by atoms with Gasteiger partial charge in [0.2, 0.25) is 12.7 Å². The smallest absolute Gasteiger partial charge is 0.305 e. The second-order valence-electron chi connectivity index (χ2n) is 4.09. The van der Waals surface area contributed by atoms with Crippen molar-refractivity contribution in [2.45, 2.75) is 19.4 Å². The third-order valence-corrected chi connectivity index (χ3v) is 3.20. The minimum absolute atomic E-state index is 0.126. The number of fused-ring (bicyclic) bond motifs is 1. The van der Waals surface area contributed by atoms with E-state index in [9.17, 15) is 9.59 Å². The average Bonchev–Trinajstić information content (AvgIpc) is 2.75. The quantitative estimate of drug-likeness (QED) is 0.880. The van der Waals surface area contributed by atoms with Crippen molar-refractivity contribution in [3.63, 3.8) is 0 Å². The zero-order valence-electron chi connectivity index (χ0n) is 10.1. The minimum atomic E-state index is -0.993. The molecule has 0 spiro atoms. The van der Waals surface area contributed by atoms with E-state index in [1.165, 1.54) is 6.92 Å². The van der Waals surface area contributed by atoms with Gasteiger partial charge in [-0.05, 0) is 33.6 Å². The summed E-state index contributed by atoms with van der Waals surface area (Å²) in [7, 11) is 0. The van der Waals surface area contributed by atoms with Crippen LogP contribution in [0.15, 0.2) is 16.6 Å². The molecule has 7 heteroatoms. The number of carbonyl (C=O) groups is 2. The predicted octanol–water partition coefficient (Wildman–Crippen LogP) is 1.83. The molecule has 0 unspecified atom stereocenters. The largest absolute Gasteiger partial charge is 0.481 e. The third-order valence-electron chi connectivity index (χ3n) is 2.61. The molecular weight excluding hydrogens is 318 g/mol. The molecule has 1 aromatic carbocycles. The summed E-state index contributed by atoms with van der Waals surface area (Å²) < 4.78 is 11.2. The molecule has 1 aliphatic rings. The van der Waals surface area contributed by atoms with Crippen molar-refractivity contribution in [1.29, 1.82) is 0 Å². The van der Waals surface area contributed by atoms with Crippen molar-refractivity contribution < 1.29 is 24.2 Å². The van der Waals surface area contributed by atoms with E-state index in [4.69, 9.17) is 14.6 Å². The molecule has 6 nitrogen and oxygen atoms in total. The molecule has 0 bridgehead atoms. The highest BCUT2D eigenvalue weighted by molar-refractivity contribution is 9.10. The lowest BCUT2D eigenvalue weighted by Crippen LogP contribution is -2.28. The Morgan fingerprint density at radius 3 is 2.84 bits per heavy atom. The molecule has 0 aromatic heterocycles. The Bertz CT molecular complexity index is 515. The lowest BCUT2D eigenvalue weighted by molar-refractivity contribution is -0.137. The number of nitrogens with one attached hydrogen (secondary N) is 1. The van der Waals surface area contributed by atoms with Crippen LogP contribution in [0.25, 0.3) is 0 Å². The summed E-state index contributed by atoms with van der Waals surface area (Å²) in [5.74, 6) is -0.168. The van der Waals surface area contributed by atoms with Crippen molar-refractivity contribution in [2.75, 3.05) is 6.79 Å². The third kappa shape index (κ3) is 3.17. The Morgan fingerprint density at radius 2 is 2.21 bits per heavy atom. The lowest BCUT2D eigenvalue weighted by Gasteiger charge is -2.17. The van der Waals surface area contributed by atoms with Crippen LogP contribution in [0.3, 0.4) is 0 Å². The number of hydrogen-bond donors (Lipinski definition) is 2. The fourth-order valence-electron chi connectivity index (χ4n) is 1.86. The van der Waals surface area contributed by atoms with Gasteiger partial charge in [-0.25, -0.2) is 0 Å². The first-order chi connectivity index (χ1) is 8.97. The van der Waals surface area contributed by atoms with Crippen LogP contribution in [0.5, 0.6) is 11.5 Å². The van der Waals surface area contributed by atoms with Gasteiger partial charge in [-0.1, -0.05) is 0 Å². The van der Waals surface area contributed by atoms with Gasteiger partial charge >= 0.3 is 5.97 Å². The molecule has 1 aromatic rings. The number of aliphatic carboxylic acids is 1. The Labute approximate surface area is 117 Å². The Hall–Kier alpha value is -1.76. The molecule has 102 valence electrons. The monoisotopic (exact) mass is 329 g/mol. The van der Waals surface area contributed by atoms with E-state index in [1.807, 2.05) is 0 Å². The van der Waals surface area contributed by atoms with Gasteiger partial charge in [0, 0.05) is 6.92 Å². The highest BCUT2D eigenvalue weighted by Gasteiger charge is 2.23. The van der Waals surface area contributed by atoms with Crippen LogP contribution >= 0.6 is 15.9 Å². The number of carbonyl (C=O) groups excluding carboxylic acids is 1. The summed E-state index contributed by atoms with van der Waals surface area (Å²) >= 11 is 3.33. The van der Waals surface area contributed by atoms with Crippen molar-refractivity contribution in [2.24, 2.45) is 0 Å². The second kappa shape index (κ2) is 5.48. The number of carboxylic acid groups (broad SMARTS) is 1. The first-order valence-corrected chi connectivity index (χ1v) is 6.34. The summed E-state index contributed by atoms with van der Waals surface area (Å²) in [6.07, 6.45) is -0.203. The first kappa shape index (κ1) is 13.7. The number of amides is 1. The second-order valence-corrected chi connectivity index (χ2v) is 4.94. The van der Waals surface area contributed by atoms with E-state index in [1.54, 1.807) is 12.1 Å². The number of hydrogen-bond acceptors (Lipinski definition) is 4. The average molecular weight is 330 g/mol. The number of rotatable bonds is 4. The molecule has 2 N–H and O–H groups in total. The van der Waals surface area contributed by atoms with Crippen molar-refractivity contribution in [3.05, 3.63) is 22.2 Å². The summed E-state index contributed by atoms with van der Waals surface area (Å²) in [4.78, 5) is 22.0. The topological polar surface area (TPSA) is 84.9 Å². The molecule has 2 rings (SSSR count). The molecule has 1 heterocycles. The van der Waals surface area contributed by atoms with E-state index in [0.717, 1.165) is 0 Å². The van der Waals surface area contributed by atoms with E-state index < -0.39 is 12.0 Å². The fourth-order valence-corrected chi connectivity index (χ4v) is 2.43. The maximum absolute atomic E-state index is 11.2. The van der Waals surface area contributed by atoms with Gasteiger partial charge in [-0.2, -0.15) is 0 Å². The standard InChI is InChI=1S/C12H12BrNO5/c1-6(15)14-9(4-11(16)17)7-2-8(13)12-10(3-7)18-5-19-12/h2-3,9H,4-5H2,1H3,(H,14,15)(H,16,17)/t9-/m1/s1. The highest BCUT2D eigenvalue weighted by Crippen LogP contribution is 2.41. The summed E-state index contributed by atoms with van der Waals surface area (Å²) in [6, 6.07) is 2.79. The van der Waals surface area contributed by atoms with Gasteiger partial charge < -0.3 is 19.9 Å². The number of carboxylic acids is 1. The van der Waals surface area contributed by atoms with Crippen LogP contribution in [0.1, 0.15) is 24.9 Å². The molecular formula is C12H12BrNO5. The Morgan fingerprint density at radius 1 is 1.47 bits per heavy atom.